The van der Waals surface area contributed by atoms with Crippen LogP contribution in [0.5, 0.6) is 0 Å². The van der Waals surface area contributed by atoms with E-state index < -0.39 is 5.60 Å². The average molecular weight is 309 g/mol. The van der Waals surface area contributed by atoms with Crippen LogP contribution in [-0.2, 0) is 5.60 Å². The van der Waals surface area contributed by atoms with Gasteiger partial charge in [-0.05, 0) is 47.9 Å². The molecule has 0 bridgehead atoms. The number of hydrogen-bond donors (Lipinski definition) is 1. The minimum absolute atomic E-state index is 0.377. The predicted molar refractivity (Wildman–Crippen MR) is 74.2 cm³/mol. The molecular weight excluding hydrogens is 296 g/mol. The normalized spacial score (nSPS) is 18.9. The number of rotatable bonds is 3. The first-order chi connectivity index (χ1) is 8.21. The van der Waals surface area contributed by atoms with Crippen LogP contribution in [0.4, 0.5) is 0 Å². The van der Waals surface area contributed by atoms with Gasteiger partial charge in [-0.3, -0.25) is 0 Å². The molecule has 1 saturated carbocycles. The van der Waals surface area contributed by atoms with Gasteiger partial charge < -0.3 is 5.11 Å². The van der Waals surface area contributed by atoms with Crippen molar-refractivity contribution >= 4 is 27.3 Å². The summed E-state index contributed by atoms with van der Waals surface area (Å²) in [5, 5.41) is 13.1. The van der Waals surface area contributed by atoms with Gasteiger partial charge in [-0.15, -0.1) is 11.3 Å². The Morgan fingerprint density at radius 3 is 2.41 bits per heavy atom. The fraction of sp³-hybridized carbons (Fsp3) is 0.286. The summed E-state index contributed by atoms with van der Waals surface area (Å²) in [5.41, 5.74) is 0.222. The smallest absolute Gasteiger partial charge is 0.126 e. The number of benzene rings is 1. The van der Waals surface area contributed by atoms with E-state index >= 15 is 0 Å². The Morgan fingerprint density at radius 1 is 1.18 bits per heavy atom. The summed E-state index contributed by atoms with van der Waals surface area (Å²) < 4.78 is 1.05. The molecule has 1 N–H and O–H groups in total. The van der Waals surface area contributed by atoms with Crippen molar-refractivity contribution < 1.29 is 5.11 Å². The Labute approximate surface area is 113 Å². The topological polar surface area (TPSA) is 20.2 Å². The lowest BCUT2D eigenvalue weighted by atomic mass is 9.87. The zero-order valence-corrected chi connectivity index (χ0v) is 11.7. The van der Waals surface area contributed by atoms with Crippen LogP contribution in [0.2, 0.25) is 0 Å². The summed E-state index contributed by atoms with van der Waals surface area (Å²) in [7, 11) is 0. The molecule has 1 aromatic heterocycles. The van der Waals surface area contributed by atoms with Gasteiger partial charge in [-0.2, -0.15) is 0 Å². The third-order valence-corrected chi connectivity index (χ3v) is 4.87. The van der Waals surface area contributed by atoms with Gasteiger partial charge in [0.05, 0.1) is 0 Å². The first kappa shape index (κ1) is 11.5. The van der Waals surface area contributed by atoms with Crippen molar-refractivity contribution in [3.8, 4) is 0 Å². The molecule has 3 rings (SSSR count). The van der Waals surface area contributed by atoms with E-state index in [2.05, 4.69) is 15.9 Å². The lowest BCUT2D eigenvalue weighted by Crippen LogP contribution is -2.28. The largest absolute Gasteiger partial charge is 0.379 e. The molecule has 1 nitrogen and oxygen atoms in total. The van der Waals surface area contributed by atoms with Crippen LogP contribution < -0.4 is 0 Å². The van der Waals surface area contributed by atoms with Crippen molar-refractivity contribution in [3.63, 3.8) is 0 Å². The van der Waals surface area contributed by atoms with Gasteiger partial charge in [0.25, 0.3) is 0 Å². The van der Waals surface area contributed by atoms with Crippen LogP contribution in [-0.4, -0.2) is 5.11 Å². The highest BCUT2D eigenvalue weighted by atomic mass is 79.9. The zero-order chi connectivity index (χ0) is 11.9. The first-order valence-corrected chi connectivity index (χ1v) is 7.41. The molecule has 1 atom stereocenters. The van der Waals surface area contributed by atoms with Crippen LogP contribution >= 0.6 is 27.3 Å². The molecule has 88 valence electrons. The average Bonchev–Trinajstić information content (AvgIpc) is 3.05. The van der Waals surface area contributed by atoms with Crippen molar-refractivity contribution in [2.24, 2.45) is 5.92 Å². The Hall–Kier alpha value is -0.640. The lowest BCUT2D eigenvalue weighted by molar-refractivity contribution is 0.0602. The third-order valence-electron chi connectivity index (χ3n) is 3.35. The molecule has 1 aromatic carbocycles. The maximum Gasteiger partial charge on any atom is 0.126 e. The van der Waals surface area contributed by atoms with E-state index in [0.29, 0.717) is 5.92 Å². The third kappa shape index (κ3) is 1.96. The molecule has 3 heteroatoms. The Balaban J connectivity index is 2.08. The Bertz CT molecular complexity index is 502. The van der Waals surface area contributed by atoms with E-state index in [1.807, 2.05) is 41.8 Å². The molecule has 0 unspecified atom stereocenters. The predicted octanol–water partition coefficient (Wildman–Crippen LogP) is 4.16. The van der Waals surface area contributed by atoms with Gasteiger partial charge in [0.2, 0.25) is 0 Å². The van der Waals surface area contributed by atoms with Crippen molar-refractivity contribution in [2.75, 3.05) is 0 Å². The molecule has 1 aliphatic carbocycles. The molecule has 0 saturated heterocycles. The maximum absolute atomic E-state index is 11.1. The molecule has 0 amide bonds. The van der Waals surface area contributed by atoms with E-state index in [9.17, 15) is 5.11 Å². The van der Waals surface area contributed by atoms with E-state index in [1.165, 1.54) is 0 Å². The van der Waals surface area contributed by atoms with Crippen LogP contribution in [0.15, 0.2) is 46.3 Å². The molecule has 2 aromatic rings. The Morgan fingerprint density at radius 2 is 1.88 bits per heavy atom. The second-order valence-electron chi connectivity index (χ2n) is 4.52. The minimum Gasteiger partial charge on any atom is -0.379 e. The van der Waals surface area contributed by atoms with E-state index in [0.717, 1.165) is 27.8 Å². The van der Waals surface area contributed by atoms with Crippen LogP contribution in [0.3, 0.4) is 0 Å². The van der Waals surface area contributed by atoms with Gasteiger partial charge in [0, 0.05) is 9.35 Å². The summed E-state index contributed by atoms with van der Waals surface area (Å²) in [4.78, 5) is 1.06. The number of aliphatic hydroxyl groups is 1. The maximum atomic E-state index is 11.1. The summed E-state index contributed by atoms with van der Waals surface area (Å²) in [6.45, 7) is 0. The molecule has 1 heterocycles. The van der Waals surface area contributed by atoms with Crippen LogP contribution in [0.1, 0.15) is 23.3 Å². The lowest BCUT2D eigenvalue weighted by Gasteiger charge is -2.27. The molecule has 17 heavy (non-hydrogen) atoms. The van der Waals surface area contributed by atoms with E-state index in [-0.39, 0.29) is 0 Å². The highest BCUT2D eigenvalue weighted by molar-refractivity contribution is 9.10. The van der Waals surface area contributed by atoms with Gasteiger partial charge in [0.15, 0.2) is 0 Å². The summed E-state index contributed by atoms with van der Waals surface area (Å²) in [5.74, 6) is 0.377. The summed E-state index contributed by atoms with van der Waals surface area (Å²) in [6.07, 6.45) is 2.23. The quantitative estimate of drug-likeness (QED) is 0.903. The van der Waals surface area contributed by atoms with Crippen LogP contribution in [0, 0.1) is 5.92 Å². The summed E-state index contributed by atoms with van der Waals surface area (Å²) >= 11 is 5.07. The molecular formula is C14H13BrOS. The second kappa shape index (κ2) is 4.23. The fourth-order valence-corrected chi connectivity index (χ4v) is 3.47. The van der Waals surface area contributed by atoms with Gasteiger partial charge in [-0.1, -0.05) is 34.1 Å². The highest BCUT2D eigenvalue weighted by Gasteiger charge is 2.46. The van der Waals surface area contributed by atoms with Gasteiger partial charge in [-0.25, -0.2) is 0 Å². The fourth-order valence-electron chi connectivity index (χ4n) is 2.28. The summed E-state index contributed by atoms with van der Waals surface area (Å²) in [6, 6.07) is 12.1. The zero-order valence-electron chi connectivity index (χ0n) is 9.27. The second-order valence-corrected chi connectivity index (χ2v) is 6.39. The SMILES string of the molecule is O[C@@](c1ccc(Br)cc1)(c1cccs1)C1CC1. The van der Waals surface area contributed by atoms with Crippen molar-refractivity contribution in [1.82, 2.24) is 0 Å². The molecule has 0 radical (unpaired) electrons. The first-order valence-electron chi connectivity index (χ1n) is 5.73. The molecule has 1 aliphatic rings. The highest BCUT2D eigenvalue weighted by Crippen LogP contribution is 2.50. The van der Waals surface area contributed by atoms with Crippen molar-refractivity contribution in [1.29, 1.82) is 0 Å². The minimum atomic E-state index is -0.783. The number of hydrogen-bond acceptors (Lipinski definition) is 2. The monoisotopic (exact) mass is 308 g/mol. The number of halogens is 1. The van der Waals surface area contributed by atoms with Gasteiger partial charge in [0.1, 0.15) is 5.60 Å². The molecule has 0 spiro atoms. The van der Waals surface area contributed by atoms with E-state index in [4.69, 9.17) is 0 Å². The van der Waals surface area contributed by atoms with Crippen molar-refractivity contribution in [2.45, 2.75) is 18.4 Å². The standard InChI is InChI=1S/C14H13BrOS/c15-12-7-5-11(6-8-12)14(16,10-3-4-10)13-2-1-9-17-13/h1-2,5-10,16H,3-4H2/t14-/m0/s1. The Kier molecular flexibility index (Phi) is 2.85. The molecule has 0 aliphatic heterocycles. The van der Waals surface area contributed by atoms with Gasteiger partial charge >= 0.3 is 0 Å². The van der Waals surface area contributed by atoms with E-state index in [1.54, 1.807) is 11.3 Å². The van der Waals surface area contributed by atoms with Crippen LogP contribution in [0.25, 0.3) is 0 Å². The molecule has 1 fully saturated rings. The van der Waals surface area contributed by atoms with Crippen molar-refractivity contribution in [3.05, 3.63) is 56.7 Å². The number of thiophene rings is 1.